The molecule has 8 nitrogen and oxygen atoms in total. The predicted octanol–water partition coefficient (Wildman–Crippen LogP) is 3.10. The number of ether oxygens (including phenoxy) is 1. The zero-order valence-electron chi connectivity index (χ0n) is 16.4. The minimum atomic E-state index is -0.106. The van der Waals surface area contributed by atoms with Crippen molar-refractivity contribution in [2.75, 3.05) is 50.2 Å². The highest BCUT2D eigenvalue weighted by molar-refractivity contribution is 7.98. The Balaban J connectivity index is 1.45. The van der Waals surface area contributed by atoms with Crippen LogP contribution in [0.25, 0.3) is 10.2 Å². The lowest BCUT2D eigenvalue weighted by atomic mass is 10.2. The second-order valence-electron chi connectivity index (χ2n) is 6.10. The first-order valence-corrected chi connectivity index (χ1v) is 11.2. The first-order valence-electron chi connectivity index (χ1n) is 9.21. The number of rotatable bonds is 11. The number of hydrogen-bond acceptors (Lipinski definition) is 9. The number of hydrogen-bond donors (Lipinski definition) is 3. The predicted molar refractivity (Wildman–Crippen MR) is 119 cm³/mol. The second-order valence-corrected chi connectivity index (χ2v) is 8.01. The van der Waals surface area contributed by atoms with E-state index in [1.54, 1.807) is 36.3 Å². The number of aromatic nitrogens is 3. The van der Waals surface area contributed by atoms with Gasteiger partial charge in [-0.2, -0.15) is 0 Å². The summed E-state index contributed by atoms with van der Waals surface area (Å²) in [6.07, 6.45) is 6.52. The SMILES string of the molecule is COCCNC(=O)c1ccc2nc(NCCCNc3ncc(SC)cn3)sc2c1. The largest absolute Gasteiger partial charge is 0.383 e. The van der Waals surface area contributed by atoms with Crippen LogP contribution in [0.5, 0.6) is 0 Å². The van der Waals surface area contributed by atoms with Crippen molar-refractivity contribution in [1.82, 2.24) is 20.3 Å². The van der Waals surface area contributed by atoms with Gasteiger partial charge in [-0.05, 0) is 30.9 Å². The summed E-state index contributed by atoms with van der Waals surface area (Å²) >= 11 is 3.16. The Bertz CT molecular complexity index is 932. The molecule has 29 heavy (non-hydrogen) atoms. The number of thioether (sulfide) groups is 1. The van der Waals surface area contributed by atoms with Crippen molar-refractivity contribution in [2.24, 2.45) is 0 Å². The number of thiazole rings is 1. The molecule has 0 radical (unpaired) electrons. The summed E-state index contributed by atoms with van der Waals surface area (Å²) in [4.78, 5) is 26.3. The average molecular weight is 433 g/mol. The molecule has 0 spiro atoms. The maximum absolute atomic E-state index is 12.2. The molecule has 1 aromatic carbocycles. The van der Waals surface area contributed by atoms with Crippen LogP contribution in [0.1, 0.15) is 16.8 Å². The molecule has 3 N–H and O–H groups in total. The van der Waals surface area contributed by atoms with Crippen LogP contribution >= 0.6 is 23.1 Å². The van der Waals surface area contributed by atoms with Gasteiger partial charge in [0, 0.05) is 49.6 Å². The Labute approximate surface area is 177 Å². The maximum Gasteiger partial charge on any atom is 0.251 e. The maximum atomic E-state index is 12.2. The lowest BCUT2D eigenvalue weighted by Crippen LogP contribution is -2.26. The Morgan fingerprint density at radius 3 is 2.72 bits per heavy atom. The Morgan fingerprint density at radius 2 is 1.97 bits per heavy atom. The quantitative estimate of drug-likeness (QED) is 0.314. The highest BCUT2D eigenvalue weighted by Gasteiger charge is 2.09. The van der Waals surface area contributed by atoms with E-state index in [0.29, 0.717) is 24.7 Å². The van der Waals surface area contributed by atoms with Gasteiger partial charge in [0.25, 0.3) is 5.91 Å². The molecule has 0 unspecified atom stereocenters. The van der Waals surface area contributed by atoms with E-state index < -0.39 is 0 Å². The van der Waals surface area contributed by atoms with Gasteiger partial charge >= 0.3 is 0 Å². The first-order chi connectivity index (χ1) is 14.2. The number of anilines is 2. The third-order valence-corrected chi connectivity index (χ3v) is 5.68. The van der Waals surface area contributed by atoms with E-state index in [-0.39, 0.29) is 5.91 Å². The van der Waals surface area contributed by atoms with E-state index in [1.165, 1.54) is 0 Å². The summed E-state index contributed by atoms with van der Waals surface area (Å²) in [5, 5.41) is 10.2. The molecule has 2 heterocycles. The fourth-order valence-electron chi connectivity index (χ4n) is 2.51. The summed E-state index contributed by atoms with van der Waals surface area (Å²) in [5.74, 6) is 0.532. The topological polar surface area (TPSA) is 101 Å². The number of methoxy groups -OCH3 is 1. The first kappa shape index (κ1) is 21.3. The van der Waals surface area contributed by atoms with Crippen LogP contribution in [-0.2, 0) is 4.74 Å². The van der Waals surface area contributed by atoms with Gasteiger partial charge < -0.3 is 20.7 Å². The van der Waals surface area contributed by atoms with Gasteiger partial charge in [-0.1, -0.05) is 11.3 Å². The molecule has 0 aliphatic carbocycles. The van der Waals surface area contributed by atoms with Gasteiger partial charge in [0.1, 0.15) is 0 Å². The van der Waals surface area contributed by atoms with Crippen molar-refractivity contribution in [3.05, 3.63) is 36.2 Å². The molecule has 2 aromatic heterocycles. The molecule has 3 rings (SSSR count). The van der Waals surface area contributed by atoms with Gasteiger partial charge in [-0.25, -0.2) is 15.0 Å². The van der Waals surface area contributed by atoms with Crippen LogP contribution in [0.4, 0.5) is 11.1 Å². The molecule has 0 aliphatic heterocycles. The standard InChI is InChI=1S/C19H24N6O2S2/c1-27-9-8-20-17(26)13-4-5-15-16(10-13)29-19(25-15)22-7-3-6-21-18-23-11-14(28-2)12-24-18/h4-5,10-12H,3,6-9H2,1-2H3,(H,20,26)(H,22,25)(H,21,23,24). The zero-order chi connectivity index (χ0) is 20.5. The third kappa shape index (κ3) is 6.28. The van der Waals surface area contributed by atoms with Crippen LogP contribution < -0.4 is 16.0 Å². The molecule has 0 fully saturated rings. The number of nitrogens with zero attached hydrogens (tertiary/aromatic N) is 3. The number of nitrogens with one attached hydrogen (secondary N) is 3. The Kier molecular flexibility index (Phi) is 8.03. The normalized spacial score (nSPS) is 10.8. The van der Waals surface area contributed by atoms with Crippen molar-refractivity contribution in [3.63, 3.8) is 0 Å². The molecule has 10 heteroatoms. The van der Waals surface area contributed by atoms with E-state index in [2.05, 4.69) is 30.9 Å². The van der Waals surface area contributed by atoms with Gasteiger partial charge in [0.05, 0.1) is 16.8 Å². The minimum absolute atomic E-state index is 0.106. The van der Waals surface area contributed by atoms with Crippen LogP contribution in [0, 0.1) is 0 Å². The molecule has 1 amide bonds. The third-order valence-electron chi connectivity index (χ3n) is 4.02. The Hall–Kier alpha value is -2.43. The molecular formula is C19H24N6O2S2. The lowest BCUT2D eigenvalue weighted by Gasteiger charge is -2.05. The molecule has 3 aromatic rings. The highest BCUT2D eigenvalue weighted by atomic mass is 32.2. The van der Waals surface area contributed by atoms with Crippen molar-refractivity contribution >= 4 is 50.3 Å². The number of carbonyl (C=O) groups excluding carboxylic acids is 1. The summed E-state index contributed by atoms with van der Waals surface area (Å²) < 4.78 is 5.93. The van der Waals surface area contributed by atoms with E-state index >= 15 is 0 Å². The molecule has 0 bridgehead atoms. The number of amides is 1. The smallest absolute Gasteiger partial charge is 0.251 e. The van der Waals surface area contributed by atoms with E-state index in [9.17, 15) is 4.79 Å². The highest BCUT2D eigenvalue weighted by Crippen LogP contribution is 2.26. The van der Waals surface area contributed by atoms with E-state index in [0.717, 1.165) is 39.8 Å². The van der Waals surface area contributed by atoms with Crippen molar-refractivity contribution in [3.8, 4) is 0 Å². The summed E-state index contributed by atoms with van der Waals surface area (Å²) in [7, 11) is 1.61. The van der Waals surface area contributed by atoms with Crippen LogP contribution in [-0.4, -0.2) is 60.5 Å². The Morgan fingerprint density at radius 1 is 1.17 bits per heavy atom. The van der Waals surface area contributed by atoms with Crippen LogP contribution in [0.3, 0.4) is 0 Å². The number of benzene rings is 1. The molecule has 0 atom stereocenters. The monoisotopic (exact) mass is 432 g/mol. The van der Waals surface area contributed by atoms with Crippen LogP contribution in [0.2, 0.25) is 0 Å². The molecule has 0 aliphatic rings. The molecule has 0 saturated carbocycles. The molecule has 154 valence electrons. The zero-order valence-corrected chi connectivity index (χ0v) is 18.0. The van der Waals surface area contributed by atoms with Crippen molar-refractivity contribution in [1.29, 1.82) is 0 Å². The van der Waals surface area contributed by atoms with E-state index in [1.807, 2.05) is 30.8 Å². The summed E-state index contributed by atoms with van der Waals surface area (Å²) in [5.41, 5.74) is 1.51. The van der Waals surface area contributed by atoms with Crippen molar-refractivity contribution < 1.29 is 9.53 Å². The fraction of sp³-hybridized carbons (Fsp3) is 0.368. The summed E-state index contributed by atoms with van der Waals surface area (Å²) in [6, 6.07) is 5.54. The number of fused-ring (bicyclic) bond motifs is 1. The van der Waals surface area contributed by atoms with Gasteiger partial charge in [0.2, 0.25) is 5.95 Å². The average Bonchev–Trinajstić information content (AvgIpc) is 3.16. The number of carbonyl (C=O) groups is 1. The van der Waals surface area contributed by atoms with Crippen LogP contribution in [0.15, 0.2) is 35.5 Å². The minimum Gasteiger partial charge on any atom is -0.383 e. The molecule has 0 saturated heterocycles. The second kappa shape index (κ2) is 10.9. The van der Waals surface area contributed by atoms with Crippen molar-refractivity contribution in [2.45, 2.75) is 11.3 Å². The van der Waals surface area contributed by atoms with E-state index in [4.69, 9.17) is 4.74 Å². The van der Waals surface area contributed by atoms with Gasteiger partial charge in [-0.3, -0.25) is 4.79 Å². The van der Waals surface area contributed by atoms with Gasteiger partial charge in [0.15, 0.2) is 5.13 Å². The summed E-state index contributed by atoms with van der Waals surface area (Å²) in [6.45, 7) is 2.53. The fourth-order valence-corrected chi connectivity index (χ4v) is 3.75. The van der Waals surface area contributed by atoms with Gasteiger partial charge in [-0.15, -0.1) is 11.8 Å². The lowest BCUT2D eigenvalue weighted by molar-refractivity contribution is 0.0937. The molecular weight excluding hydrogens is 408 g/mol.